The van der Waals surface area contributed by atoms with E-state index in [2.05, 4.69) is 15.7 Å². The quantitative estimate of drug-likeness (QED) is 0.920. The standard InChI is InChI=1S/C17H20N4O2/c22-17(19-21-15-7-3-2-6-14(15)18-20-21)13-5-1-4-8-16(13)23-11-12-9-10-12/h1,4-5,8,12H,2-3,6-7,9-11H2,(H,19,22). The SMILES string of the molecule is O=C(Nn1nnc2c1CCCC2)c1ccccc1OCC1CC1. The lowest BCUT2D eigenvalue weighted by Gasteiger charge is -2.14. The Balaban J connectivity index is 1.51. The van der Waals surface area contributed by atoms with Gasteiger partial charge in [0.25, 0.3) is 5.91 Å². The molecule has 1 aromatic heterocycles. The predicted molar refractivity (Wildman–Crippen MR) is 85.0 cm³/mol. The molecule has 0 unspecified atom stereocenters. The molecular formula is C17H20N4O2. The molecule has 0 atom stereocenters. The maximum Gasteiger partial charge on any atom is 0.275 e. The van der Waals surface area contributed by atoms with E-state index < -0.39 is 0 Å². The lowest BCUT2D eigenvalue weighted by atomic mass is 10.0. The average molecular weight is 312 g/mol. The van der Waals surface area contributed by atoms with Gasteiger partial charge in [-0.3, -0.25) is 4.79 Å². The Labute approximate surface area is 134 Å². The largest absolute Gasteiger partial charge is 0.492 e. The average Bonchev–Trinajstić information content (AvgIpc) is 3.34. The molecule has 4 rings (SSSR count). The predicted octanol–water partition coefficient (Wildman–Crippen LogP) is 2.33. The number of amides is 1. The van der Waals surface area contributed by atoms with E-state index in [0.29, 0.717) is 23.8 Å². The number of benzene rings is 1. The maximum absolute atomic E-state index is 12.6. The van der Waals surface area contributed by atoms with E-state index >= 15 is 0 Å². The molecule has 0 radical (unpaired) electrons. The summed E-state index contributed by atoms with van der Waals surface area (Å²) in [6.07, 6.45) is 6.53. The van der Waals surface area contributed by atoms with Gasteiger partial charge in [0.05, 0.1) is 23.6 Å². The number of para-hydroxylation sites is 1. The molecule has 2 aliphatic carbocycles. The van der Waals surface area contributed by atoms with Gasteiger partial charge in [0.1, 0.15) is 5.75 Å². The highest BCUT2D eigenvalue weighted by molar-refractivity contribution is 6.02. The second kappa shape index (κ2) is 6.02. The van der Waals surface area contributed by atoms with E-state index in [4.69, 9.17) is 4.74 Å². The fourth-order valence-electron chi connectivity index (χ4n) is 2.88. The van der Waals surface area contributed by atoms with Crippen LogP contribution in [0.2, 0.25) is 0 Å². The van der Waals surface area contributed by atoms with E-state index in [-0.39, 0.29) is 5.91 Å². The molecular weight excluding hydrogens is 292 g/mol. The van der Waals surface area contributed by atoms with Crippen molar-refractivity contribution in [2.45, 2.75) is 38.5 Å². The highest BCUT2D eigenvalue weighted by Gasteiger charge is 2.23. The number of aromatic nitrogens is 3. The summed E-state index contributed by atoms with van der Waals surface area (Å²) >= 11 is 0. The lowest BCUT2D eigenvalue weighted by Crippen LogP contribution is -2.27. The molecule has 1 aromatic carbocycles. The summed E-state index contributed by atoms with van der Waals surface area (Å²) < 4.78 is 5.81. The first-order valence-corrected chi connectivity index (χ1v) is 8.28. The minimum Gasteiger partial charge on any atom is -0.492 e. The number of carbonyl (C=O) groups excluding carboxylic acids is 1. The van der Waals surface area contributed by atoms with Gasteiger partial charge in [-0.25, -0.2) is 5.43 Å². The van der Waals surface area contributed by atoms with E-state index in [1.54, 1.807) is 6.07 Å². The first-order chi connectivity index (χ1) is 11.3. The smallest absolute Gasteiger partial charge is 0.275 e. The van der Waals surface area contributed by atoms with Crippen molar-refractivity contribution in [3.05, 3.63) is 41.2 Å². The van der Waals surface area contributed by atoms with Gasteiger partial charge < -0.3 is 4.74 Å². The van der Waals surface area contributed by atoms with Gasteiger partial charge >= 0.3 is 0 Å². The van der Waals surface area contributed by atoms with Crippen molar-refractivity contribution in [1.82, 2.24) is 15.1 Å². The van der Waals surface area contributed by atoms with Crippen molar-refractivity contribution in [3.8, 4) is 5.75 Å². The maximum atomic E-state index is 12.6. The molecule has 0 spiro atoms. The zero-order chi connectivity index (χ0) is 15.6. The summed E-state index contributed by atoms with van der Waals surface area (Å²) in [6, 6.07) is 7.35. The van der Waals surface area contributed by atoms with Gasteiger partial charge in [-0.05, 0) is 61.8 Å². The van der Waals surface area contributed by atoms with Crippen LogP contribution in [0.15, 0.2) is 24.3 Å². The Bertz CT molecular complexity index is 721. The summed E-state index contributed by atoms with van der Waals surface area (Å²) in [5.74, 6) is 1.06. The molecule has 1 saturated carbocycles. The number of aryl methyl sites for hydroxylation is 1. The minimum atomic E-state index is -0.213. The van der Waals surface area contributed by atoms with Crippen molar-refractivity contribution < 1.29 is 9.53 Å². The van der Waals surface area contributed by atoms with Crippen molar-refractivity contribution in [1.29, 1.82) is 0 Å². The molecule has 1 heterocycles. The Morgan fingerprint density at radius 2 is 2.09 bits per heavy atom. The van der Waals surface area contributed by atoms with Gasteiger partial charge in [0.2, 0.25) is 0 Å². The number of rotatable bonds is 5. The van der Waals surface area contributed by atoms with Crippen LogP contribution in [0.1, 0.15) is 47.4 Å². The molecule has 1 amide bonds. The third-order valence-electron chi connectivity index (χ3n) is 4.43. The second-order valence-electron chi connectivity index (χ2n) is 6.29. The molecule has 23 heavy (non-hydrogen) atoms. The number of fused-ring (bicyclic) bond motifs is 1. The Morgan fingerprint density at radius 3 is 2.96 bits per heavy atom. The number of carbonyl (C=O) groups is 1. The van der Waals surface area contributed by atoms with E-state index in [1.807, 2.05) is 18.2 Å². The summed E-state index contributed by atoms with van der Waals surface area (Å²) in [4.78, 5) is 14.1. The molecule has 1 N–H and O–H groups in total. The number of hydrogen-bond donors (Lipinski definition) is 1. The monoisotopic (exact) mass is 312 g/mol. The van der Waals surface area contributed by atoms with Crippen LogP contribution in [-0.4, -0.2) is 27.6 Å². The van der Waals surface area contributed by atoms with Crippen LogP contribution < -0.4 is 10.2 Å². The molecule has 0 bridgehead atoms. The van der Waals surface area contributed by atoms with Crippen LogP contribution in [0.3, 0.4) is 0 Å². The van der Waals surface area contributed by atoms with Crippen LogP contribution in [0.5, 0.6) is 5.75 Å². The zero-order valence-electron chi connectivity index (χ0n) is 13.0. The number of nitrogens with zero attached hydrogens (tertiary/aromatic N) is 3. The molecule has 6 heteroatoms. The molecule has 1 fully saturated rings. The fraction of sp³-hybridized carbons (Fsp3) is 0.471. The van der Waals surface area contributed by atoms with Crippen LogP contribution in [-0.2, 0) is 12.8 Å². The Morgan fingerprint density at radius 1 is 1.26 bits per heavy atom. The van der Waals surface area contributed by atoms with Crippen LogP contribution >= 0.6 is 0 Å². The normalized spacial score (nSPS) is 16.7. The minimum absolute atomic E-state index is 0.213. The van der Waals surface area contributed by atoms with Crippen LogP contribution in [0, 0.1) is 5.92 Å². The summed E-state index contributed by atoms with van der Waals surface area (Å²) in [5, 5.41) is 8.23. The first kappa shape index (κ1) is 14.2. The van der Waals surface area contributed by atoms with E-state index in [1.165, 1.54) is 17.6 Å². The van der Waals surface area contributed by atoms with Crippen LogP contribution in [0.25, 0.3) is 0 Å². The van der Waals surface area contributed by atoms with E-state index in [9.17, 15) is 4.79 Å². The summed E-state index contributed by atoms with van der Waals surface area (Å²) in [6.45, 7) is 0.684. The Kier molecular flexibility index (Phi) is 3.73. The molecule has 6 nitrogen and oxygen atoms in total. The topological polar surface area (TPSA) is 69.0 Å². The van der Waals surface area contributed by atoms with Crippen LogP contribution in [0.4, 0.5) is 0 Å². The molecule has 2 aromatic rings. The highest BCUT2D eigenvalue weighted by atomic mass is 16.5. The van der Waals surface area contributed by atoms with Crippen molar-refractivity contribution in [2.24, 2.45) is 5.92 Å². The number of ether oxygens (including phenoxy) is 1. The van der Waals surface area contributed by atoms with E-state index in [0.717, 1.165) is 37.1 Å². The van der Waals surface area contributed by atoms with Gasteiger partial charge in [0.15, 0.2) is 0 Å². The zero-order valence-corrected chi connectivity index (χ0v) is 13.0. The molecule has 120 valence electrons. The van der Waals surface area contributed by atoms with Crippen molar-refractivity contribution in [2.75, 3.05) is 12.0 Å². The number of nitrogens with one attached hydrogen (secondary N) is 1. The third-order valence-corrected chi connectivity index (χ3v) is 4.43. The third kappa shape index (κ3) is 3.06. The summed E-state index contributed by atoms with van der Waals surface area (Å²) in [5.41, 5.74) is 5.38. The molecule has 0 aliphatic heterocycles. The van der Waals surface area contributed by atoms with Crippen molar-refractivity contribution in [3.63, 3.8) is 0 Å². The molecule has 2 aliphatic rings. The number of hydrogen-bond acceptors (Lipinski definition) is 4. The summed E-state index contributed by atoms with van der Waals surface area (Å²) in [7, 11) is 0. The Hall–Kier alpha value is -2.37. The van der Waals surface area contributed by atoms with Crippen molar-refractivity contribution >= 4 is 5.91 Å². The first-order valence-electron chi connectivity index (χ1n) is 8.28. The fourth-order valence-corrected chi connectivity index (χ4v) is 2.88. The van der Waals surface area contributed by atoms with Gasteiger partial charge in [0, 0.05) is 0 Å². The second-order valence-corrected chi connectivity index (χ2v) is 6.29. The van der Waals surface area contributed by atoms with Gasteiger partial charge in [-0.1, -0.05) is 12.1 Å². The molecule has 0 saturated heterocycles. The highest BCUT2D eigenvalue weighted by Crippen LogP contribution is 2.30. The van der Waals surface area contributed by atoms with Gasteiger partial charge in [-0.2, -0.15) is 4.79 Å². The lowest BCUT2D eigenvalue weighted by molar-refractivity contribution is 0.0999. The van der Waals surface area contributed by atoms with Gasteiger partial charge in [-0.15, -0.1) is 5.10 Å².